The Kier molecular flexibility index (Phi) is 6.52. The summed E-state index contributed by atoms with van der Waals surface area (Å²) in [5, 5.41) is 4.36. The number of benzene rings is 4. The monoisotopic (exact) mass is 615 g/mol. The first-order valence-electron chi connectivity index (χ1n) is 16.1. The highest BCUT2D eigenvalue weighted by molar-refractivity contribution is 6.11. The smallest absolute Gasteiger partial charge is 0.145 e. The number of furan rings is 1. The molecule has 0 amide bonds. The lowest BCUT2D eigenvalue weighted by Crippen LogP contribution is -2.12. The van der Waals surface area contributed by atoms with Crippen molar-refractivity contribution in [1.29, 1.82) is 0 Å². The van der Waals surface area contributed by atoms with E-state index in [1.165, 1.54) is 16.5 Å². The van der Waals surface area contributed by atoms with E-state index < -0.39 is 0 Å². The molecule has 5 heteroatoms. The highest BCUT2D eigenvalue weighted by Gasteiger charge is 2.21. The Morgan fingerprint density at radius 2 is 1.26 bits per heavy atom. The summed E-state index contributed by atoms with van der Waals surface area (Å²) in [5.74, 6) is 2.35. The van der Waals surface area contributed by atoms with Crippen molar-refractivity contribution in [2.45, 2.75) is 52.4 Å². The molecule has 0 bridgehead atoms. The standard InChI is InChI=1S/C42H37N3O2/c1-41(2,3)26-17-19-43-35(21-26)34-24-29(23-33-32-12-8-10-14-38(32)47-40(33)34)46-28-15-16-31-30-11-7-9-13-36(30)45(37(31)25-28)39-22-27(18-20-44-39)42(4,5)6/h7-25H,1-6H3. The van der Waals surface area contributed by atoms with Gasteiger partial charge < -0.3 is 9.15 Å². The number of pyridine rings is 2. The number of nitrogens with zero attached hydrogens (tertiary/aromatic N) is 3. The van der Waals surface area contributed by atoms with Crippen molar-refractivity contribution in [3.8, 4) is 28.6 Å². The SMILES string of the molecule is CC(C)(C)c1ccnc(-c2cc(Oc3ccc4c5ccccc5n(-c5cc(C(C)(C)C)ccn5)c4c3)cc3c2oc2ccccc23)c1. The first kappa shape index (κ1) is 29.0. The molecule has 0 fully saturated rings. The van der Waals surface area contributed by atoms with Crippen LogP contribution in [0.3, 0.4) is 0 Å². The van der Waals surface area contributed by atoms with Crippen LogP contribution >= 0.6 is 0 Å². The average molecular weight is 616 g/mol. The minimum atomic E-state index is -0.0199. The van der Waals surface area contributed by atoms with Gasteiger partial charge in [-0.05, 0) is 82.6 Å². The van der Waals surface area contributed by atoms with Crippen LogP contribution in [0.25, 0.3) is 60.8 Å². The quantitative estimate of drug-likeness (QED) is 0.198. The number of para-hydroxylation sites is 2. The van der Waals surface area contributed by atoms with Crippen LogP contribution in [0.2, 0.25) is 0 Å². The molecule has 4 aromatic carbocycles. The molecular weight excluding hydrogens is 578 g/mol. The lowest BCUT2D eigenvalue weighted by Gasteiger charge is -2.20. The molecule has 0 N–H and O–H groups in total. The highest BCUT2D eigenvalue weighted by atomic mass is 16.5. The summed E-state index contributed by atoms with van der Waals surface area (Å²) in [6, 6.07) is 35.6. The van der Waals surface area contributed by atoms with E-state index in [2.05, 4.69) is 119 Å². The molecule has 0 saturated heterocycles. The molecule has 0 aliphatic carbocycles. The maximum atomic E-state index is 6.73. The molecular formula is C42H37N3O2. The van der Waals surface area contributed by atoms with Gasteiger partial charge >= 0.3 is 0 Å². The van der Waals surface area contributed by atoms with Crippen molar-refractivity contribution in [1.82, 2.24) is 14.5 Å². The van der Waals surface area contributed by atoms with Crippen LogP contribution in [0.5, 0.6) is 11.5 Å². The maximum absolute atomic E-state index is 6.73. The van der Waals surface area contributed by atoms with Gasteiger partial charge in [-0.2, -0.15) is 0 Å². The summed E-state index contributed by atoms with van der Waals surface area (Å²) in [6.07, 6.45) is 3.79. The fourth-order valence-corrected chi connectivity index (χ4v) is 6.50. The zero-order valence-corrected chi connectivity index (χ0v) is 27.6. The molecule has 0 unspecified atom stereocenters. The van der Waals surface area contributed by atoms with Gasteiger partial charge in [-0.3, -0.25) is 9.55 Å². The first-order chi connectivity index (χ1) is 22.5. The fourth-order valence-electron chi connectivity index (χ4n) is 6.50. The van der Waals surface area contributed by atoms with Crippen LogP contribution in [0, 0.1) is 0 Å². The molecule has 4 aromatic heterocycles. The fraction of sp³-hybridized carbons (Fsp3) is 0.190. The number of aromatic nitrogens is 3. The summed E-state index contributed by atoms with van der Waals surface area (Å²) < 4.78 is 15.4. The summed E-state index contributed by atoms with van der Waals surface area (Å²) in [7, 11) is 0. The summed E-state index contributed by atoms with van der Waals surface area (Å²) >= 11 is 0. The van der Waals surface area contributed by atoms with E-state index in [1.807, 2.05) is 42.7 Å². The van der Waals surface area contributed by atoms with E-state index in [1.54, 1.807) is 0 Å². The normalized spacial score (nSPS) is 12.5. The lowest BCUT2D eigenvalue weighted by atomic mass is 9.87. The van der Waals surface area contributed by atoms with Crippen molar-refractivity contribution in [2.75, 3.05) is 0 Å². The van der Waals surface area contributed by atoms with Crippen LogP contribution < -0.4 is 4.74 Å². The van der Waals surface area contributed by atoms with E-state index in [9.17, 15) is 0 Å². The van der Waals surface area contributed by atoms with Crippen LogP contribution in [0.4, 0.5) is 0 Å². The molecule has 0 aliphatic heterocycles. The van der Waals surface area contributed by atoms with Crippen molar-refractivity contribution in [3.63, 3.8) is 0 Å². The van der Waals surface area contributed by atoms with Crippen molar-refractivity contribution >= 4 is 43.7 Å². The molecule has 8 aromatic rings. The molecule has 47 heavy (non-hydrogen) atoms. The average Bonchev–Trinajstić information content (AvgIpc) is 3.59. The van der Waals surface area contributed by atoms with Gasteiger partial charge in [0.05, 0.1) is 16.7 Å². The third kappa shape index (κ3) is 5.03. The first-order valence-corrected chi connectivity index (χ1v) is 16.1. The number of hydrogen-bond donors (Lipinski definition) is 0. The van der Waals surface area contributed by atoms with Gasteiger partial charge in [-0.25, -0.2) is 4.98 Å². The van der Waals surface area contributed by atoms with Crippen LogP contribution in [0.15, 0.2) is 120 Å². The maximum Gasteiger partial charge on any atom is 0.145 e. The Labute approximate surface area is 274 Å². The molecule has 5 nitrogen and oxygen atoms in total. The van der Waals surface area contributed by atoms with Crippen molar-refractivity contribution in [3.05, 3.63) is 127 Å². The topological polar surface area (TPSA) is 53.1 Å². The van der Waals surface area contributed by atoms with Crippen LogP contribution in [-0.2, 0) is 10.8 Å². The van der Waals surface area contributed by atoms with Crippen LogP contribution in [-0.4, -0.2) is 14.5 Å². The van der Waals surface area contributed by atoms with E-state index in [0.29, 0.717) is 0 Å². The van der Waals surface area contributed by atoms with Crippen molar-refractivity contribution in [2.24, 2.45) is 0 Å². The summed E-state index contributed by atoms with van der Waals surface area (Å²) in [6.45, 7) is 13.3. The number of ether oxygens (including phenoxy) is 1. The second-order valence-electron chi connectivity index (χ2n) is 14.4. The number of fused-ring (bicyclic) bond motifs is 6. The second-order valence-corrected chi connectivity index (χ2v) is 14.4. The molecule has 0 aliphatic rings. The molecule has 4 heterocycles. The van der Waals surface area contributed by atoms with E-state index in [-0.39, 0.29) is 10.8 Å². The predicted molar refractivity (Wildman–Crippen MR) is 193 cm³/mol. The zero-order valence-electron chi connectivity index (χ0n) is 27.6. The van der Waals surface area contributed by atoms with Crippen LogP contribution in [0.1, 0.15) is 52.7 Å². The lowest BCUT2D eigenvalue weighted by molar-refractivity contribution is 0.484. The van der Waals surface area contributed by atoms with Gasteiger partial charge in [-0.15, -0.1) is 0 Å². The minimum Gasteiger partial charge on any atom is -0.457 e. The number of rotatable bonds is 4. The molecule has 0 atom stereocenters. The van der Waals surface area contributed by atoms with Gasteiger partial charge in [0.25, 0.3) is 0 Å². The Hall–Kier alpha value is -5.42. The molecule has 232 valence electrons. The van der Waals surface area contributed by atoms with E-state index >= 15 is 0 Å². The molecule has 8 rings (SSSR count). The third-order valence-corrected chi connectivity index (χ3v) is 9.08. The third-order valence-electron chi connectivity index (χ3n) is 9.08. The van der Waals surface area contributed by atoms with Gasteiger partial charge in [0, 0.05) is 45.6 Å². The Balaban J connectivity index is 1.30. The molecule has 0 spiro atoms. The van der Waals surface area contributed by atoms with Gasteiger partial charge in [0.15, 0.2) is 0 Å². The van der Waals surface area contributed by atoms with E-state index in [4.69, 9.17) is 19.1 Å². The van der Waals surface area contributed by atoms with Gasteiger partial charge in [0.2, 0.25) is 0 Å². The summed E-state index contributed by atoms with van der Waals surface area (Å²) in [4.78, 5) is 9.64. The highest BCUT2D eigenvalue weighted by Crippen LogP contribution is 2.41. The Morgan fingerprint density at radius 1 is 0.574 bits per heavy atom. The Bertz CT molecular complexity index is 2470. The van der Waals surface area contributed by atoms with Crippen molar-refractivity contribution < 1.29 is 9.15 Å². The molecule has 0 radical (unpaired) electrons. The van der Waals surface area contributed by atoms with Gasteiger partial charge in [-0.1, -0.05) is 77.9 Å². The predicted octanol–water partition coefficient (Wildman–Crippen LogP) is 11.5. The number of hydrogen-bond acceptors (Lipinski definition) is 4. The van der Waals surface area contributed by atoms with E-state index in [0.717, 1.165) is 66.9 Å². The largest absolute Gasteiger partial charge is 0.457 e. The second kappa shape index (κ2) is 10.6. The minimum absolute atomic E-state index is 0.000411. The molecule has 0 saturated carbocycles. The Morgan fingerprint density at radius 3 is 2.04 bits per heavy atom. The zero-order chi connectivity index (χ0) is 32.5. The summed E-state index contributed by atoms with van der Waals surface area (Å²) in [5.41, 5.74) is 7.96. The van der Waals surface area contributed by atoms with Gasteiger partial charge in [0.1, 0.15) is 28.5 Å².